The molecule has 0 atom stereocenters. The van der Waals surface area contributed by atoms with Crippen LogP contribution in [0.1, 0.15) is 5.82 Å². The fraction of sp³-hybridized carbons (Fsp3) is 0.200. The number of hydrogen-bond acceptors (Lipinski definition) is 6. The van der Waals surface area contributed by atoms with Gasteiger partial charge >= 0.3 is 0 Å². The van der Waals surface area contributed by atoms with E-state index in [1.807, 2.05) is 0 Å². The van der Waals surface area contributed by atoms with Gasteiger partial charge in [-0.25, -0.2) is 4.39 Å². The highest BCUT2D eigenvalue weighted by molar-refractivity contribution is 5.57. The summed E-state index contributed by atoms with van der Waals surface area (Å²) in [6.45, 7) is 0.390. The Balaban J connectivity index is 2.39. The number of nitrogens with zero attached hydrogens (tertiary/aromatic N) is 3. The molecule has 8 heteroatoms. The van der Waals surface area contributed by atoms with Crippen molar-refractivity contribution in [2.45, 2.75) is 6.54 Å². The number of nitro groups is 1. The normalized spacial score (nSPS) is 10.6. The van der Waals surface area contributed by atoms with E-state index < -0.39 is 10.7 Å². The van der Waals surface area contributed by atoms with Gasteiger partial charge in [0.05, 0.1) is 17.5 Å². The van der Waals surface area contributed by atoms with Crippen LogP contribution in [0.3, 0.4) is 0 Å². The second kappa shape index (κ2) is 4.88. The van der Waals surface area contributed by atoms with Crippen LogP contribution >= 0.6 is 0 Å². The number of halogens is 1. The van der Waals surface area contributed by atoms with E-state index in [1.165, 1.54) is 6.07 Å². The summed E-state index contributed by atoms with van der Waals surface area (Å²) in [6.07, 6.45) is 0. The quantitative estimate of drug-likeness (QED) is 0.654. The summed E-state index contributed by atoms with van der Waals surface area (Å²) in [5.74, 6) is -0.296. The van der Waals surface area contributed by atoms with Crippen LogP contribution in [0.5, 0.6) is 0 Å². The SMILES string of the molecule is CNCc1noc(-c2cc(F)cc([N+](=O)[O-])c2)n1. The van der Waals surface area contributed by atoms with Crippen molar-refractivity contribution in [2.75, 3.05) is 7.05 Å². The Kier molecular flexibility index (Phi) is 3.28. The Bertz CT molecular complexity index is 584. The molecule has 0 aliphatic rings. The zero-order valence-electron chi connectivity index (χ0n) is 9.38. The maximum Gasteiger partial charge on any atom is 0.273 e. The van der Waals surface area contributed by atoms with Crippen LogP contribution in [0.4, 0.5) is 10.1 Å². The molecule has 0 saturated heterocycles. The molecular formula is C10H9FN4O3. The van der Waals surface area contributed by atoms with E-state index >= 15 is 0 Å². The number of nitro benzene ring substituents is 1. The van der Waals surface area contributed by atoms with Crippen molar-refractivity contribution in [1.29, 1.82) is 0 Å². The van der Waals surface area contributed by atoms with Gasteiger partial charge in [-0.15, -0.1) is 0 Å². The third-order valence-electron chi connectivity index (χ3n) is 2.14. The van der Waals surface area contributed by atoms with Gasteiger partial charge in [0, 0.05) is 11.6 Å². The highest BCUT2D eigenvalue weighted by Crippen LogP contribution is 2.24. The number of benzene rings is 1. The molecule has 0 radical (unpaired) electrons. The maximum absolute atomic E-state index is 13.2. The molecule has 0 saturated carbocycles. The van der Waals surface area contributed by atoms with Crippen LogP contribution in [-0.2, 0) is 6.54 Å². The molecule has 1 N–H and O–H groups in total. The van der Waals surface area contributed by atoms with Crippen LogP contribution in [0.25, 0.3) is 11.5 Å². The standard InChI is InChI=1S/C10H9FN4O3/c1-12-5-9-13-10(18-14-9)6-2-7(11)4-8(3-6)15(16)17/h2-4,12H,5H2,1H3. The van der Waals surface area contributed by atoms with Gasteiger partial charge in [-0.1, -0.05) is 5.16 Å². The molecule has 18 heavy (non-hydrogen) atoms. The summed E-state index contributed by atoms with van der Waals surface area (Å²) >= 11 is 0. The molecule has 1 heterocycles. The van der Waals surface area contributed by atoms with Gasteiger partial charge in [0.2, 0.25) is 0 Å². The van der Waals surface area contributed by atoms with Gasteiger partial charge in [-0.2, -0.15) is 4.98 Å². The van der Waals surface area contributed by atoms with Gasteiger partial charge < -0.3 is 9.84 Å². The molecule has 1 aromatic heterocycles. The second-order valence-corrected chi connectivity index (χ2v) is 3.50. The molecule has 0 amide bonds. The topological polar surface area (TPSA) is 94.1 Å². The van der Waals surface area contributed by atoms with Gasteiger partial charge in [-0.3, -0.25) is 10.1 Å². The lowest BCUT2D eigenvalue weighted by Gasteiger charge is -1.96. The van der Waals surface area contributed by atoms with Crippen LogP contribution in [0.15, 0.2) is 22.7 Å². The van der Waals surface area contributed by atoms with E-state index in [9.17, 15) is 14.5 Å². The van der Waals surface area contributed by atoms with Crippen LogP contribution < -0.4 is 5.32 Å². The van der Waals surface area contributed by atoms with E-state index in [1.54, 1.807) is 7.05 Å². The Morgan fingerprint density at radius 1 is 1.50 bits per heavy atom. The Morgan fingerprint density at radius 3 is 2.94 bits per heavy atom. The average molecular weight is 252 g/mol. The van der Waals surface area contributed by atoms with Crippen LogP contribution in [0, 0.1) is 15.9 Å². The lowest BCUT2D eigenvalue weighted by atomic mass is 10.2. The fourth-order valence-electron chi connectivity index (χ4n) is 1.40. The van der Waals surface area contributed by atoms with E-state index in [0.717, 1.165) is 12.1 Å². The van der Waals surface area contributed by atoms with E-state index in [-0.39, 0.29) is 17.1 Å². The van der Waals surface area contributed by atoms with Crippen molar-refractivity contribution in [2.24, 2.45) is 0 Å². The second-order valence-electron chi connectivity index (χ2n) is 3.50. The average Bonchev–Trinajstić information content (AvgIpc) is 2.77. The first-order valence-corrected chi connectivity index (χ1v) is 5.02. The lowest BCUT2D eigenvalue weighted by molar-refractivity contribution is -0.385. The van der Waals surface area contributed by atoms with Crippen molar-refractivity contribution in [3.63, 3.8) is 0 Å². The molecule has 94 valence electrons. The molecule has 7 nitrogen and oxygen atoms in total. The molecule has 0 fully saturated rings. The number of non-ortho nitro benzene ring substituents is 1. The van der Waals surface area contributed by atoms with Gasteiger partial charge in [-0.05, 0) is 13.1 Å². The van der Waals surface area contributed by atoms with Crippen molar-refractivity contribution in [3.8, 4) is 11.5 Å². The summed E-state index contributed by atoms with van der Waals surface area (Å²) in [5.41, 5.74) is -0.185. The minimum atomic E-state index is -0.729. The molecule has 0 aliphatic carbocycles. The Morgan fingerprint density at radius 2 is 2.28 bits per heavy atom. The monoisotopic (exact) mass is 252 g/mol. The minimum absolute atomic E-state index is 0.0443. The minimum Gasteiger partial charge on any atom is -0.334 e. The summed E-state index contributed by atoms with van der Waals surface area (Å²) in [4.78, 5) is 13.9. The number of nitrogens with one attached hydrogen (secondary N) is 1. The highest BCUT2D eigenvalue weighted by atomic mass is 19.1. The first kappa shape index (κ1) is 12.1. The molecule has 1 aromatic carbocycles. The zero-order valence-corrected chi connectivity index (χ0v) is 9.38. The number of rotatable bonds is 4. The number of aromatic nitrogens is 2. The summed E-state index contributed by atoms with van der Waals surface area (Å²) in [5, 5.41) is 17.1. The predicted octanol–water partition coefficient (Wildman–Crippen LogP) is 1.50. The maximum atomic E-state index is 13.2. The Labute approximate surface area is 101 Å². The van der Waals surface area contributed by atoms with Crippen molar-refractivity contribution < 1.29 is 13.8 Å². The molecule has 0 spiro atoms. The van der Waals surface area contributed by atoms with E-state index in [4.69, 9.17) is 4.52 Å². The van der Waals surface area contributed by atoms with E-state index in [0.29, 0.717) is 12.4 Å². The van der Waals surface area contributed by atoms with Crippen molar-refractivity contribution in [3.05, 3.63) is 40.0 Å². The smallest absolute Gasteiger partial charge is 0.273 e. The fourth-order valence-corrected chi connectivity index (χ4v) is 1.40. The van der Waals surface area contributed by atoms with Crippen molar-refractivity contribution >= 4 is 5.69 Å². The lowest BCUT2D eigenvalue weighted by Crippen LogP contribution is -2.06. The van der Waals surface area contributed by atoms with E-state index in [2.05, 4.69) is 15.5 Å². The summed E-state index contributed by atoms with van der Waals surface area (Å²) < 4.78 is 18.1. The molecular weight excluding hydrogens is 243 g/mol. The molecule has 0 bridgehead atoms. The third-order valence-corrected chi connectivity index (χ3v) is 2.14. The molecule has 0 aliphatic heterocycles. The summed E-state index contributed by atoms with van der Waals surface area (Å²) in [7, 11) is 1.71. The number of hydrogen-bond donors (Lipinski definition) is 1. The van der Waals surface area contributed by atoms with Crippen LogP contribution in [-0.4, -0.2) is 22.1 Å². The summed E-state index contributed by atoms with van der Waals surface area (Å²) in [6, 6.07) is 3.11. The first-order valence-electron chi connectivity index (χ1n) is 5.02. The molecule has 2 rings (SSSR count). The van der Waals surface area contributed by atoms with Gasteiger partial charge in [0.15, 0.2) is 5.82 Å². The van der Waals surface area contributed by atoms with Crippen LogP contribution in [0.2, 0.25) is 0 Å². The predicted molar refractivity (Wildman–Crippen MR) is 59.1 cm³/mol. The van der Waals surface area contributed by atoms with Gasteiger partial charge in [0.25, 0.3) is 11.6 Å². The Hall–Kier alpha value is -2.35. The largest absolute Gasteiger partial charge is 0.334 e. The highest BCUT2D eigenvalue weighted by Gasteiger charge is 2.15. The molecule has 0 unspecified atom stereocenters. The molecule has 2 aromatic rings. The van der Waals surface area contributed by atoms with Crippen molar-refractivity contribution in [1.82, 2.24) is 15.5 Å². The third kappa shape index (κ3) is 2.48. The zero-order chi connectivity index (χ0) is 13.1. The van der Waals surface area contributed by atoms with Gasteiger partial charge in [0.1, 0.15) is 5.82 Å². The first-order chi connectivity index (χ1) is 8.60.